The first kappa shape index (κ1) is 15.9. The van der Waals surface area contributed by atoms with Crippen molar-refractivity contribution < 1.29 is 4.74 Å². The molecule has 0 fully saturated rings. The van der Waals surface area contributed by atoms with E-state index in [0.717, 1.165) is 13.2 Å². The lowest BCUT2D eigenvalue weighted by atomic mass is 9.83. The molecule has 0 heterocycles. The highest BCUT2D eigenvalue weighted by molar-refractivity contribution is 4.80. The van der Waals surface area contributed by atoms with Crippen LogP contribution in [-0.2, 0) is 4.74 Å². The van der Waals surface area contributed by atoms with Crippen molar-refractivity contribution in [3.63, 3.8) is 0 Å². The molecule has 1 unspecified atom stereocenters. The van der Waals surface area contributed by atoms with Gasteiger partial charge in [-0.3, -0.25) is 0 Å². The molecule has 16 heavy (non-hydrogen) atoms. The van der Waals surface area contributed by atoms with Crippen molar-refractivity contribution in [3.05, 3.63) is 0 Å². The quantitative estimate of drug-likeness (QED) is 0.610. The summed E-state index contributed by atoms with van der Waals surface area (Å²) in [6.07, 6.45) is 6.29. The minimum absolute atomic E-state index is 0.371. The summed E-state index contributed by atoms with van der Waals surface area (Å²) in [6, 6.07) is 0.648. The van der Waals surface area contributed by atoms with Crippen LogP contribution in [0.3, 0.4) is 0 Å². The Morgan fingerprint density at radius 3 is 2.31 bits per heavy atom. The van der Waals surface area contributed by atoms with Crippen LogP contribution in [0.1, 0.15) is 59.8 Å². The Kier molecular flexibility index (Phi) is 8.96. The molecule has 2 heteroatoms. The van der Waals surface area contributed by atoms with E-state index in [2.05, 4.69) is 33.0 Å². The number of nitrogens with one attached hydrogen (secondary N) is 1. The zero-order valence-electron chi connectivity index (χ0n) is 11.9. The van der Waals surface area contributed by atoms with Crippen molar-refractivity contribution in [2.24, 2.45) is 5.41 Å². The summed E-state index contributed by atoms with van der Waals surface area (Å²) >= 11 is 0. The van der Waals surface area contributed by atoms with Gasteiger partial charge in [0, 0.05) is 19.8 Å². The Balaban J connectivity index is 3.75. The van der Waals surface area contributed by atoms with Gasteiger partial charge in [0.2, 0.25) is 0 Å². The fourth-order valence-electron chi connectivity index (χ4n) is 1.93. The van der Waals surface area contributed by atoms with Crippen LogP contribution in [0, 0.1) is 5.41 Å². The number of hydrogen-bond donors (Lipinski definition) is 1. The lowest BCUT2D eigenvalue weighted by molar-refractivity contribution is 0.189. The SMILES string of the molecule is CCCNC(CCCCCOC)C(C)(C)C. The van der Waals surface area contributed by atoms with Crippen LogP contribution in [0.25, 0.3) is 0 Å². The number of hydrogen-bond acceptors (Lipinski definition) is 2. The van der Waals surface area contributed by atoms with Gasteiger partial charge in [0.25, 0.3) is 0 Å². The molecular formula is C14H31NO. The van der Waals surface area contributed by atoms with E-state index in [4.69, 9.17) is 4.74 Å². The van der Waals surface area contributed by atoms with Crippen molar-refractivity contribution in [2.45, 2.75) is 65.8 Å². The highest BCUT2D eigenvalue weighted by Crippen LogP contribution is 2.23. The minimum Gasteiger partial charge on any atom is -0.385 e. The Morgan fingerprint density at radius 2 is 1.81 bits per heavy atom. The summed E-state index contributed by atoms with van der Waals surface area (Å²) in [7, 11) is 1.78. The van der Waals surface area contributed by atoms with E-state index in [1.165, 1.54) is 32.1 Å². The molecular weight excluding hydrogens is 198 g/mol. The highest BCUT2D eigenvalue weighted by Gasteiger charge is 2.22. The number of methoxy groups -OCH3 is 1. The normalized spacial score (nSPS) is 14.1. The molecule has 0 aromatic carbocycles. The molecule has 0 amide bonds. The molecule has 0 aromatic rings. The minimum atomic E-state index is 0.371. The van der Waals surface area contributed by atoms with Crippen LogP contribution in [0.2, 0.25) is 0 Å². The summed E-state index contributed by atoms with van der Waals surface area (Å²) in [6.45, 7) is 11.3. The Bertz CT molecular complexity index is 151. The van der Waals surface area contributed by atoms with E-state index in [1.807, 2.05) is 0 Å². The molecule has 2 nitrogen and oxygen atoms in total. The molecule has 1 N–H and O–H groups in total. The van der Waals surface area contributed by atoms with Crippen LogP contribution >= 0.6 is 0 Å². The lowest BCUT2D eigenvalue weighted by Crippen LogP contribution is -2.40. The van der Waals surface area contributed by atoms with E-state index in [-0.39, 0.29) is 0 Å². The Hall–Kier alpha value is -0.0800. The maximum Gasteiger partial charge on any atom is 0.0462 e. The Labute approximate surface area is 102 Å². The standard InChI is InChI=1S/C14H31NO/c1-6-11-15-13(14(2,3)4)10-8-7-9-12-16-5/h13,15H,6-12H2,1-5H3. The van der Waals surface area contributed by atoms with Crippen LogP contribution < -0.4 is 5.32 Å². The molecule has 0 aromatic heterocycles. The van der Waals surface area contributed by atoms with Gasteiger partial charge >= 0.3 is 0 Å². The van der Waals surface area contributed by atoms with E-state index in [1.54, 1.807) is 7.11 Å². The van der Waals surface area contributed by atoms with Crippen molar-refractivity contribution >= 4 is 0 Å². The van der Waals surface area contributed by atoms with Crippen molar-refractivity contribution in [3.8, 4) is 0 Å². The van der Waals surface area contributed by atoms with Crippen LogP contribution in [-0.4, -0.2) is 26.3 Å². The number of rotatable bonds is 9. The molecule has 0 bridgehead atoms. The number of ether oxygens (including phenoxy) is 1. The van der Waals surface area contributed by atoms with Crippen LogP contribution in [0.4, 0.5) is 0 Å². The fraction of sp³-hybridized carbons (Fsp3) is 1.00. The number of unbranched alkanes of at least 4 members (excludes halogenated alkanes) is 2. The van der Waals surface area contributed by atoms with Gasteiger partial charge in [0.15, 0.2) is 0 Å². The van der Waals surface area contributed by atoms with E-state index in [9.17, 15) is 0 Å². The molecule has 0 aliphatic heterocycles. The molecule has 0 spiro atoms. The van der Waals surface area contributed by atoms with Gasteiger partial charge in [-0.2, -0.15) is 0 Å². The predicted molar refractivity (Wildman–Crippen MR) is 71.9 cm³/mol. The highest BCUT2D eigenvalue weighted by atomic mass is 16.5. The van der Waals surface area contributed by atoms with Crippen molar-refractivity contribution in [1.82, 2.24) is 5.32 Å². The van der Waals surface area contributed by atoms with Gasteiger partial charge in [-0.25, -0.2) is 0 Å². The first-order valence-corrected chi connectivity index (χ1v) is 6.74. The molecule has 0 aliphatic rings. The van der Waals surface area contributed by atoms with Gasteiger partial charge in [0.05, 0.1) is 0 Å². The summed E-state index contributed by atoms with van der Waals surface area (Å²) in [5, 5.41) is 3.67. The molecule has 1 atom stereocenters. The van der Waals surface area contributed by atoms with E-state index in [0.29, 0.717) is 11.5 Å². The zero-order valence-corrected chi connectivity index (χ0v) is 11.9. The second-order valence-corrected chi connectivity index (χ2v) is 5.71. The van der Waals surface area contributed by atoms with E-state index >= 15 is 0 Å². The first-order valence-electron chi connectivity index (χ1n) is 6.74. The van der Waals surface area contributed by atoms with Gasteiger partial charge in [-0.05, 0) is 31.2 Å². The average Bonchev–Trinajstić information content (AvgIpc) is 2.20. The Morgan fingerprint density at radius 1 is 1.12 bits per heavy atom. The van der Waals surface area contributed by atoms with Crippen molar-refractivity contribution in [2.75, 3.05) is 20.3 Å². The second kappa shape index (κ2) is 9.00. The molecule has 0 rings (SSSR count). The lowest BCUT2D eigenvalue weighted by Gasteiger charge is -2.32. The summed E-state index contributed by atoms with van der Waals surface area (Å²) in [5.41, 5.74) is 0.371. The summed E-state index contributed by atoms with van der Waals surface area (Å²) < 4.78 is 5.07. The van der Waals surface area contributed by atoms with Gasteiger partial charge in [-0.1, -0.05) is 40.5 Å². The molecule has 0 saturated heterocycles. The van der Waals surface area contributed by atoms with Crippen LogP contribution in [0.5, 0.6) is 0 Å². The molecule has 0 radical (unpaired) electrons. The third-order valence-corrected chi connectivity index (χ3v) is 3.03. The largest absolute Gasteiger partial charge is 0.385 e. The maximum absolute atomic E-state index is 5.07. The van der Waals surface area contributed by atoms with Gasteiger partial charge < -0.3 is 10.1 Å². The van der Waals surface area contributed by atoms with E-state index < -0.39 is 0 Å². The molecule has 0 saturated carbocycles. The van der Waals surface area contributed by atoms with Gasteiger partial charge in [-0.15, -0.1) is 0 Å². The summed E-state index contributed by atoms with van der Waals surface area (Å²) in [4.78, 5) is 0. The van der Waals surface area contributed by atoms with Gasteiger partial charge in [0.1, 0.15) is 0 Å². The van der Waals surface area contributed by atoms with Crippen LogP contribution in [0.15, 0.2) is 0 Å². The summed E-state index contributed by atoms with van der Waals surface area (Å²) in [5.74, 6) is 0. The maximum atomic E-state index is 5.07. The molecule has 0 aliphatic carbocycles. The monoisotopic (exact) mass is 229 g/mol. The van der Waals surface area contributed by atoms with Crippen molar-refractivity contribution in [1.29, 1.82) is 0 Å². The first-order chi connectivity index (χ1) is 7.52. The average molecular weight is 229 g/mol. The smallest absolute Gasteiger partial charge is 0.0462 e. The fourth-order valence-corrected chi connectivity index (χ4v) is 1.93. The topological polar surface area (TPSA) is 21.3 Å². The molecule has 98 valence electrons. The third kappa shape index (κ3) is 8.12. The zero-order chi connectivity index (χ0) is 12.4. The predicted octanol–water partition coefficient (Wildman–Crippen LogP) is 3.61. The third-order valence-electron chi connectivity index (χ3n) is 3.03. The second-order valence-electron chi connectivity index (χ2n) is 5.71.